The summed E-state index contributed by atoms with van der Waals surface area (Å²) in [5.41, 5.74) is 7.30. The molecule has 6 heteroatoms. The Hall–Kier alpha value is -2.89. The van der Waals surface area contributed by atoms with E-state index < -0.39 is 0 Å². The quantitative estimate of drug-likeness (QED) is 0.582. The number of carbonyl (C=O) groups is 1. The van der Waals surface area contributed by atoms with E-state index in [4.69, 9.17) is 10.5 Å². The zero-order valence-corrected chi connectivity index (χ0v) is 10.8. The minimum atomic E-state index is -0.113. The lowest BCUT2D eigenvalue weighted by molar-refractivity contribution is 0.101. The molecule has 0 unspecified atom stereocenters. The second-order valence-corrected chi connectivity index (χ2v) is 4.31. The van der Waals surface area contributed by atoms with Crippen LogP contribution in [-0.2, 0) is 0 Å². The number of ketones is 1. The van der Waals surface area contributed by atoms with Crippen LogP contribution in [0.25, 0.3) is 5.65 Å². The summed E-state index contributed by atoms with van der Waals surface area (Å²) in [6, 6.07) is 8.38. The first kappa shape index (κ1) is 12.2. The number of hydrogen-bond donors (Lipinski definition) is 1. The summed E-state index contributed by atoms with van der Waals surface area (Å²) >= 11 is 0. The molecule has 3 rings (SSSR count). The highest BCUT2D eigenvalue weighted by molar-refractivity contribution is 5.97. The molecule has 2 heterocycles. The number of rotatable bonds is 3. The molecule has 0 radical (unpaired) electrons. The van der Waals surface area contributed by atoms with Crippen molar-refractivity contribution in [3.8, 4) is 11.6 Å². The molecule has 0 bridgehead atoms. The van der Waals surface area contributed by atoms with Crippen LogP contribution in [0.3, 0.4) is 0 Å². The number of aromatic nitrogens is 3. The molecule has 0 aliphatic rings. The molecule has 2 N–H and O–H groups in total. The van der Waals surface area contributed by atoms with Crippen LogP contribution in [0.1, 0.15) is 17.3 Å². The lowest BCUT2D eigenvalue weighted by Crippen LogP contribution is -2.00. The van der Waals surface area contributed by atoms with Gasteiger partial charge in [-0.2, -0.15) is 10.1 Å². The number of Topliss-reactive ketones (excluding diaryl/α,β-unsaturated/α-hetero) is 1. The first-order valence-corrected chi connectivity index (χ1v) is 6.02. The Balaban J connectivity index is 1.99. The summed E-state index contributed by atoms with van der Waals surface area (Å²) in [5.74, 6) is 0.714. The molecule has 0 saturated carbocycles. The summed E-state index contributed by atoms with van der Waals surface area (Å²) in [4.78, 5) is 15.9. The number of benzene rings is 1. The first-order valence-electron chi connectivity index (χ1n) is 6.02. The average Bonchev–Trinajstić information content (AvgIpc) is 2.88. The van der Waals surface area contributed by atoms with Gasteiger partial charge in [0.25, 0.3) is 0 Å². The van der Waals surface area contributed by atoms with E-state index in [0.29, 0.717) is 28.5 Å². The van der Waals surface area contributed by atoms with Crippen molar-refractivity contribution >= 4 is 17.1 Å². The monoisotopic (exact) mass is 268 g/mol. The van der Waals surface area contributed by atoms with Gasteiger partial charge in [0, 0.05) is 24.0 Å². The van der Waals surface area contributed by atoms with Gasteiger partial charge >= 0.3 is 0 Å². The Morgan fingerprint density at radius 1 is 1.30 bits per heavy atom. The fourth-order valence-electron chi connectivity index (χ4n) is 1.88. The maximum Gasteiger partial charge on any atom is 0.222 e. The highest BCUT2D eigenvalue weighted by Crippen LogP contribution is 2.26. The van der Waals surface area contributed by atoms with Crippen LogP contribution < -0.4 is 10.5 Å². The molecule has 20 heavy (non-hydrogen) atoms. The Morgan fingerprint density at radius 2 is 2.15 bits per heavy atom. The van der Waals surface area contributed by atoms with Crippen LogP contribution in [-0.4, -0.2) is 20.4 Å². The number of nitrogens with two attached hydrogens (primary N) is 1. The number of ether oxygens (including phenoxy) is 1. The van der Waals surface area contributed by atoms with E-state index in [2.05, 4.69) is 10.1 Å². The predicted molar refractivity (Wildman–Crippen MR) is 73.9 cm³/mol. The van der Waals surface area contributed by atoms with Crippen LogP contribution in [0.4, 0.5) is 5.69 Å². The third-order valence-electron chi connectivity index (χ3n) is 2.83. The maximum absolute atomic E-state index is 11.6. The van der Waals surface area contributed by atoms with Crippen LogP contribution >= 0.6 is 0 Å². The van der Waals surface area contributed by atoms with Crippen LogP contribution in [0.15, 0.2) is 42.7 Å². The van der Waals surface area contributed by atoms with E-state index in [1.165, 1.54) is 6.92 Å². The molecule has 0 saturated heterocycles. The molecule has 2 aromatic heterocycles. The van der Waals surface area contributed by atoms with Crippen LogP contribution in [0, 0.1) is 0 Å². The highest BCUT2D eigenvalue weighted by Gasteiger charge is 2.11. The number of carbonyl (C=O) groups excluding carboxylic acids is 1. The first-order chi connectivity index (χ1) is 9.63. The van der Waals surface area contributed by atoms with Crippen molar-refractivity contribution in [1.82, 2.24) is 14.6 Å². The van der Waals surface area contributed by atoms with Gasteiger partial charge in [-0.1, -0.05) is 0 Å². The second-order valence-electron chi connectivity index (χ2n) is 4.31. The third-order valence-corrected chi connectivity index (χ3v) is 2.83. The van der Waals surface area contributed by atoms with Gasteiger partial charge in [-0.15, -0.1) is 0 Å². The smallest absolute Gasteiger partial charge is 0.222 e. The summed E-state index contributed by atoms with van der Waals surface area (Å²) in [5, 5.41) is 4.05. The Morgan fingerprint density at radius 3 is 2.95 bits per heavy atom. The predicted octanol–water partition coefficient (Wildman–Crippen LogP) is 2.31. The second kappa shape index (κ2) is 4.65. The van der Waals surface area contributed by atoms with Crippen molar-refractivity contribution in [2.75, 3.05) is 5.73 Å². The largest absolute Gasteiger partial charge is 0.438 e. The van der Waals surface area contributed by atoms with Gasteiger partial charge in [-0.3, -0.25) is 4.79 Å². The molecule has 0 amide bonds. The van der Waals surface area contributed by atoms with Gasteiger partial charge in [0.05, 0.1) is 11.8 Å². The zero-order valence-electron chi connectivity index (χ0n) is 10.8. The fourth-order valence-corrected chi connectivity index (χ4v) is 1.88. The number of anilines is 1. The van der Waals surface area contributed by atoms with Crippen molar-refractivity contribution in [3.05, 3.63) is 48.3 Å². The van der Waals surface area contributed by atoms with E-state index >= 15 is 0 Å². The van der Waals surface area contributed by atoms with Gasteiger partial charge in [0.1, 0.15) is 5.75 Å². The molecular formula is C14H12N4O2. The van der Waals surface area contributed by atoms with Gasteiger partial charge in [-0.05, 0) is 25.1 Å². The number of nitrogen functional groups attached to an aromatic ring is 1. The zero-order chi connectivity index (χ0) is 14.1. The van der Waals surface area contributed by atoms with Crippen molar-refractivity contribution < 1.29 is 9.53 Å². The minimum Gasteiger partial charge on any atom is -0.438 e. The van der Waals surface area contributed by atoms with Crippen molar-refractivity contribution in [3.63, 3.8) is 0 Å². The number of fused-ring (bicyclic) bond motifs is 1. The SMILES string of the molecule is CC(=O)c1cc(N)ccc1Oc1ccn2nccc2n1. The fraction of sp³-hybridized carbons (Fsp3) is 0.0714. The van der Waals surface area contributed by atoms with Crippen molar-refractivity contribution in [2.24, 2.45) is 0 Å². The van der Waals surface area contributed by atoms with Gasteiger partial charge in [0.2, 0.25) is 5.88 Å². The van der Waals surface area contributed by atoms with Crippen LogP contribution in [0.5, 0.6) is 11.6 Å². The topological polar surface area (TPSA) is 82.5 Å². The third kappa shape index (κ3) is 2.18. The normalized spacial score (nSPS) is 10.7. The summed E-state index contributed by atoms with van der Waals surface area (Å²) in [6.07, 6.45) is 3.39. The van der Waals surface area contributed by atoms with Gasteiger partial charge in [-0.25, -0.2) is 4.52 Å². The number of hydrogen-bond acceptors (Lipinski definition) is 5. The molecule has 0 aliphatic carbocycles. The van der Waals surface area contributed by atoms with E-state index in [1.54, 1.807) is 47.2 Å². The van der Waals surface area contributed by atoms with Gasteiger partial charge < -0.3 is 10.5 Å². The Labute approximate surface area is 114 Å². The Kier molecular flexibility index (Phi) is 2.83. The highest BCUT2D eigenvalue weighted by atomic mass is 16.5. The molecule has 6 nitrogen and oxygen atoms in total. The van der Waals surface area contributed by atoms with Gasteiger partial charge in [0.15, 0.2) is 11.4 Å². The van der Waals surface area contributed by atoms with E-state index in [0.717, 1.165) is 0 Å². The molecule has 0 atom stereocenters. The van der Waals surface area contributed by atoms with E-state index in [1.807, 2.05) is 0 Å². The molecule has 3 aromatic rings. The summed E-state index contributed by atoms with van der Waals surface area (Å²) < 4.78 is 7.30. The van der Waals surface area contributed by atoms with Crippen molar-refractivity contribution in [1.29, 1.82) is 0 Å². The van der Waals surface area contributed by atoms with E-state index in [9.17, 15) is 4.79 Å². The molecule has 0 fully saturated rings. The average molecular weight is 268 g/mol. The minimum absolute atomic E-state index is 0.113. The lowest BCUT2D eigenvalue weighted by Gasteiger charge is -2.09. The van der Waals surface area contributed by atoms with Crippen LogP contribution in [0.2, 0.25) is 0 Å². The number of nitrogens with zero attached hydrogens (tertiary/aromatic N) is 3. The Bertz CT molecular complexity index is 795. The standard InChI is InChI=1S/C14H12N4O2/c1-9(19)11-8-10(15)2-3-12(11)20-14-5-7-18-13(17-14)4-6-16-18/h2-8H,15H2,1H3. The lowest BCUT2D eigenvalue weighted by atomic mass is 10.1. The van der Waals surface area contributed by atoms with E-state index in [-0.39, 0.29) is 5.78 Å². The molecule has 0 spiro atoms. The summed E-state index contributed by atoms with van der Waals surface area (Å²) in [6.45, 7) is 1.47. The molecule has 0 aliphatic heterocycles. The maximum atomic E-state index is 11.6. The van der Waals surface area contributed by atoms with Crippen molar-refractivity contribution in [2.45, 2.75) is 6.92 Å². The molecular weight excluding hydrogens is 256 g/mol. The summed E-state index contributed by atoms with van der Waals surface area (Å²) in [7, 11) is 0. The molecule has 1 aromatic carbocycles. The molecule has 100 valence electrons.